The van der Waals surface area contributed by atoms with E-state index in [1.165, 1.54) is 17.8 Å². The molecule has 108 valence electrons. The summed E-state index contributed by atoms with van der Waals surface area (Å²) in [5.41, 5.74) is 0.819. The molecular formula is C12H21N3O2S2. The van der Waals surface area contributed by atoms with Crippen LogP contribution in [0.15, 0.2) is 10.3 Å². The van der Waals surface area contributed by atoms with Gasteiger partial charge in [-0.15, -0.1) is 16.2 Å². The van der Waals surface area contributed by atoms with Crippen LogP contribution in [-0.2, 0) is 16.6 Å². The molecule has 2 N–H and O–H groups in total. The maximum atomic E-state index is 12.5. The monoisotopic (exact) mass is 303 g/mol. The normalized spacial score (nSPS) is 17.8. The van der Waals surface area contributed by atoms with E-state index in [4.69, 9.17) is 0 Å². The number of sulfonamides is 1. The van der Waals surface area contributed by atoms with Gasteiger partial charge in [0.2, 0.25) is 0 Å². The molecule has 2 rings (SSSR count). The molecule has 0 spiro atoms. The second-order valence-electron chi connectivity index (χ2n) is 4.84. The summed E-state index contributed by atoms with van der Waals surface area (Å²) in [6.45, 7) is 4.02. The van der Waals surface area contributed by atoms with Gasteiger partial charge in [0.25, 0.3) is 10.0 Å². The Bertz CT molecular complexity index is 519. The van der Waals surface area contributed by atoms with Crippen molar-refractivity contribution in [2.24, 2.45) is 0 Å². The van der Waals surface area contributed by atoms with Gasteiger partial charge in [-0.3, -0.25) is 0 Å². The Kier molecular flexibility index (Phi) is 4.97. The van der Waals surface area contributed by atoms with Gasteiger partial charge in [-0.1, -0.05) is 6.42 Å². The summed E-state index contributed by atoms with van der Waals surface area (Å²) in [6, 6.07) is 0. The fourth-order valence-corrected chi connectivity index (χ4v) is 5.28. The summed E-state index contributed by atoms with van der Waals surface area (Å²) in [6.07, 6.45) is 3.28. The van der Waals surface area contributed by atoms with Gasteiger partial charge in [0, 0.05) is 24.5 Å². The number of hydrogen-bond donors (Lipinski definition) is 2. The Morgan fingerprint density at radius 3 is 2.63 bits per heavy atom. The average molecular weight is 303 g/mol. The van der Waals surface area contributed by atoms with Crippen molar-refractivity contribution >= 4 is 21.4 Å². The third-order valence-electron chi connectivity index (χ3n) is 3.20. The zero-order valence-corrected chi connectivity index (χ0v) is 13.0. The summed E-state index contributed by atoms with van der Waals surface area (Å²) in [7, 11) is -1.63. The van der Waals surface area contributed by atoms with E-state index in [2.05, 4.69) is 10.1 Å². The number of hydrogen-bond acceptors (Lipinski definition) is 5. The van der Waals surface area contributed by atoms with E-state index in [0.29, 0.717) is 11.4 Å². The molecule has 1 aliphatic heterocycles. The molecule has 0 radical (unpaired) electrons. The van der Waals surface area contributed by atoms with Crippen LogP contribution >= 0.6 is 11.3 Å². The van der Waals surface area contributed by atoms with E-state index >= 15 is 0 Å². The van der Waals surface area contributed by atoms with E-state index < -0.39 is 10.0 Å². The number of aryl methyl sites for hydroxylation is 1. The van der Waals surface area contributed by atoms with Crippen molar-refractivity contribution in [3.8, 4) is 0 Å². The average Bonchev–Trinajstić information content (AvgIpc) is 2.72. The second kappa shape index (κ2) is 6.32. The van der Waals surface area contributed by atoms with Crippen LogP contribution in [0.3, 0.4) is 0 Å². The lowest BCUT2D eigenvalue weighted by atomic mass is 10.2. The molecule has 1 aromatic heterocycles. The quantitative estimate of drug-likeness (QED) is 0.864. The first-order chi connectivity index (χ1) is 9.04. The van der Waals surface area contributed by atoms with Crippen LogP contribution in [0, 0.1) is 6.92 Å². The molecule has 1 aromatic rings. The van der Waals surface area contributed by atoms with Crippen LogP contribution in [-0.4, -0.2) is 33.6 Å². The Balaban J connectivity index is 2.20. The van der Waals surface area contributed by atoms with E-state index in [9.17, 15) is 8.42 Å². The van der Waals surface area contributed by atoms with Crippen molar-refractivity contribution in [3.63, 3.8) is 0 Å². The fourth-order valence-electron chi connectivity index (χ4n) is 2.33. The molecule has 0 atom stereocenters. The number of rotatable bonds is 5. The maximum absolute atomic E-state index is 12.5. The van der Waals surface area contributed by atoms with E-state index in [1.807, 2.05) is 24.4 Å². The van der Waals surface area contributed by atoms with Gasteiger partial charge in [-0.05, 0) is 37.8 Å². The lowest BCUT2D eigenvalue weighted by molar-refractivity contribution is 0.200. The molecule has 1 aliphatic rings. The van der Waals surface area contributed by atoms with Crippen molar-refractivity contribution in [2.75, 3.05) is 20.1 Å². The number of nitrogens with one attached hydrogen (secondary N) is 2. The molecule has 0 unspecified atom stereocenters. The summed E-state index contributed by atoms with van der Waals surface area (Å²) in [5.74, 6) is 0. The largest absolute Gasteiger partial charge is 0.315 e. The van der Waals surface area contributed by atoms with Gasteiger partial charge in [0.1, 0.15) is 4.90 Å². The summed E-state index contributed by atoms with van der Waals surface area (Å²) in [4.78, 5) is 4.03. The van der Waals surface area contributed by atoms with E-state index in [-0.39, 0.29) is 0 Å². The van der Waals surface area contributed by atoms with Crippen molar-refractivity contribution in [1.29, 1.82) is 0 Å². The van der Waals surface area contributed by atoms with Gasteiger partial charge in [-0.25, -0.2) is 13.4 Å². The maximum Gasteiger partial charge on any atom is 0.254 e. The number of thiophene rings is 1. The Morgan fingerprint density at radius 1 is 1.32 bits per heavy atom. The molecular weight excluding hydrogens is 282 g/mol. The number of nitrogens with zero attached hydrogens (tertiary/aromatic N) is 1. The first-order valence-electron chi connectivity index (χ1n) is 6.53. The molecule has 0 bridgehead atoms. The second-order valence-corrected chi connectivity index (χ2v) is 7.41. The Labute approximate surface area is 119 Å². The number of piperidine rings is 1. The highest BCUT2D eigenvalue weighted by Crippen LogP contribution is 2.27. The summed E-state index contributed by atoms with van der Waals surface area (Å²) >= 11 is 1.49. The molecule has 1 fully saturated rings. The number of hydrazine groups is 1. The van der Waals surface area contributed by atoms with Gasteiger partial charge >= 0.3 is 0 Å². The van der Waals surface area contributed by atoms with Crippen LogP contribution in [0.4, 0.5) is 0 Å². The Hall–Kier alpha value is -0.470. The predicted molar refractivity (Wildman–Crippen MR) is 77.6 cm³/mol. The smallest absolute Gasteiger partial charge is 0.254 e. The van der Waals surface area contributed by atoms with Crippen molar-refractivity contribution in [1.82, 2.24) is 15.2 Å². The standard InChI is InChI=1S/C12H21N3O2S2/c1-10-9-18-11(8-13-2)12(10)19(16,17)14-15-6-4-3-5-7-15/h9,13-14H,3-8H2,1-2H3. The van der Waals surface area contributed by atoms with E-state index in [1.54, 1.807) is 0 Å². The Morgan fingerprint density at radius 2 is 2.00 bits per heavy atom. The minimum absolute atomic E-state index is 0.442. The molecule has 0 aromatic carbocycles. The third-order valence-corrected chi connectivity index (χ3v) is 6.04. The lowest BCUT2D eigenvalue weighted by Crippen LogP contribution is -2.45. The van der Waals surface area contributed by atoms with Crippen LogP contribution in [0.2, 0.25) is 0 Å². The molecule has 19 heavy (non-hydrogen) atoms. The lowest BCUT2D eigenvalue weighted by Gasteiger charge is -2.26. The molecule has 0 aliphatic carbocycles. The van der Waals surface area contributed by atoms with Gasteiger partial charge in [0.15, 0.2) is 0 Å². The van der Waals surface area contributed by atoms with Crippen molar-refractivity contribution < 1.29 is 8.42 Å². The molecule has 0 saturated carbocycles. The summed E-state index contributed by atoms with van der Waals surface area (Å²) < 4.78 is 25.0. The van der Waals surface area contributed by atoms with Gasteiger partial charge < -0.3 is 5.32 Å². The highest BCUT2D eigenvalue weighted by Gasteiger charge is 2.25. The topological polar surface area (TPSA) is 61.4 Å². The first kappa shape index (κ1) is 14.9. The minimum Gasteiger partial charge on any atom is -0.315 e. The third kappa shape index (κ3) is 3.55. The highest BCUT2D eigenvalue weighted by molar-refractivity contribution is 7.89. The minimum atomic E-state index is -3.45. The zero-order chi connectivity index (χ0) is 13.9. The molecule has 5 nitrogen and oxygen atoms in total. The fraction of sp³-hybridized carbons (Fsp3) is 0.667. The van der Waals surface area contributed by atoms with E-state index in [0.717, 1.165) is 36.4 Å². The first-order valence-corrected chi connectivity index (χ1v) is 8.90. The van der Waals surface area contributed by atoms with Crippen molar-refractivity contribution in [2.45, 2.75) is 37.6 Å². The molecule has 7 heteroatoms. The SMILES string of the molecule is CNCc1scc(C)c1S(=O)(=O)NN1CCCCC1. The molecule has 0 amide bonds. The highest BCUT2D eigenvalue weighted by atomic mass is 32.2. The molecule has 2 heterocycles. The van der Waals surface area contributed by atoms with Crippen LogP contribution in [0.5, 0.6) is 0 Å². The summed E-state index contributed by atoms with van der Waals surface area (Å²) in [5, 5.41) is 6.74. The molecule has 1 saturated heterocycles. The zero-order valence-electron chi connectivity index (χ0n) is 11.4. The van der Waals surface area contributed by atoms with Crippen molar-refractivity contribution in [3.05, 3.63) is 15.8 Å². The predicted octanol–water partition coefficient (Wildman–Crippen LogP) is 1.46. The van der Waals surface area contributed by atoms with Gasteiger partial charge in [-0.2, -0.15) is 0 Å². The van der Waals surface area contributed by atoms with Crippen LogP contribution in [0.25, 0.3) is 0 Å². The van der Waals surface area contributed by atoms with Gasteiger partial charge in [0.05, 0.1) is 0 Å². The van der Waals surface area contributed by atoms with Crippen LogP contribution in [0.1, 0.15) is 29.7 Å². The van der Waals surface area contributed by atoms with Crippen LogP contribution < -0.4 is 10.1 Å².